The normalized spacial score (nSPS) is 19.5. The first-order valence-electron chi connectivity index (χ1n) is 9.27. The predicted octanol–water partition coefficient (Wildman–Crippen LogP) is 3.54. The number of halogens is 1. The van der Waals surface area contributed by atoms with Crippen LogP contribution in [0, 0.1) is 0 Å². The van der Waals surface area contributed by atoms with Gasteiger partial charge < -0.3 is 9.88 Å². The predicted molar refractivity (Wildman–Crippen MR) is 108 cm³/mol. The van der Waals surface area contributed by atoms with E-state index in [1.165, 1.54) is 16.6 Å². The zero-order valence-corrected chi connectivity index (χ0v) is 16.0. The van der Waals surface area contributed by atoms with Crippen LogP contribution in [-0.2, 0) is 17.8 Å². The number of hydrogen-bond donors (Lipinski definition) is 3. The van der Waals surface area contributed by atoms with Gasteiger partial charge in [-0.05, 0) is 42.1 Å². The lowest BCUT2D eigenvalue weighted by molar-refractivity contribution is -0.121. The fourth-order valence-corrected chi connectivity index (χ4v) is 4.01. The molecule has 1 fully saturated rings. The van der Waals surface area contributed by atoms with Crippen LogP contribution in [0.4, 0.5) is 0 Å². The van der Waals surface area contributed by atoms with Crippen molar-refractivity contribution in [3.8, 4) is 0 Å². The third kappa shape index (κ3) is 3.86. The Kier molecular flexibility index (Phi) is 5.16. The number of carbonyl (C=O) groups excluding carboxylic acids is 1. The summed E-state index contributed by atoms with van der Waals surface area (Å²) in [6.07, 6.45) is 1.00. The molecule has 1 saturated heterocycles. The highest BCUT2D eigenvalue weighted by molar-refractivity contribution is 6.30. The molecule has 0 aliphatic carbocycles. The second-order valence-corrected chi connectivity index (χ2v) is 7.31. The van der Waals surface area contributed by atoms with Gasteiger partial charge in [-0.3, -0.25) is 4.79 Å². The first-order valence-corrected chi connectivity index (χ1v) is 9.65. The Morgan fingerprint density at radius 2 is 2.04 bits per heavy atom. The van der Waals surface area contributed by atoms with Gasteiger partial charge in [0.1, 0.15) is 0 Å². The Hall–Kier alpha value is -2.34. The number of fused-ring (bicyclic) bond motifs is 1. The number of nitrogens with one attached hydrogen (secondary N) is 3. The van der Waals surface area contributed by atoms with E-state index in [0.29, 0.717) is 11.4 Å². The summed E-state index contributed by atoms with van der Waals surface area (Å²) in [4.78, 5) is 12.4. The molecule has 3 N–H and O–H groups in total. The van der Waals surface area contributed by atoms with Crippen molar-refractivity contribution < 1.29 is 4.79 Å². The Labute approximate surface area is 163 Å². The van der Waals surface area contributed by atoms with Crippen molar-refractivity contribution in [3.05, 3.63) is 70.9 Å². The third-order valence-electron chi connectivity index (χ3n) is 5.01. The number of hydrogen-bond acceptors (Lipinski definition) is 3. The summed E-state index contributed by atoms with van der Waals surface area (Å²) in [6.45, 7) is 3.06. The number of aromatic nitrogens is 1. The zero-order valence-electron chi connectivity index (χ0n) is 15.2. The van der Waals surface area contributed by atoms with E-state index in [4.69, 9.17) is 11.6 Å². The van der Waals surface area contributed by atoms with Crippen molar-refractivity contribution in [2.75, 3.05) is 0 Å². The molecule has 2 unspecified atom stereocenters. The number of benzene rings is 2. The summed E-state index contributed by atoms with van der Waals surface area (Å²) in [5.41, 5.74) is 9.92. The van der Waals surface area contributed by atoms with Crippen molar-refractivity contribution in [3.63, 3.8) is 0 Å². The molecule has 140 valence electrons. The number of rotatable bonds is 5. The summed E-state index contributed by atoms with van der Waals surface area (Å²) in [7, 11) is 0. The Bertz CT molecular complexity index is 968. The second kappa shape index (κ2) is 7.72. The maximum Gasteiger partial charge on any atom is 0.225 e. The molecule has 0 spiro atoms. The van der Waals surface area contributed by atoms with E-state index in [2.05, 4.69) is 58.0 Å². The average molecular weight is 383 g/mol. The Balaban J connectivity index is 1.42. The molecular weight excluding hydrogens is 360 g/mol. The fraction of sp³-hybridized carbons (Fsp3) is 0.286. The molecule has 0 radical (unpaired) electrons. The number of carbonyl (C=O) groups is 1. The molecule has 5 nitrogen and oxygen atoms in total. The standard InChI is InChI=1S/C21H23ClN4O/c1-2-26-18-9-4-3-7-15(18)12-19(26)17-13-20(25-24-17)23-21(27)11-14-6-5-8-16(22)10-14/h3-10,12,17,20,24-25H,2,11,13H2,1H3,(H,23,27). The summed E-state index contributed by atoms with van der Waals surface area (Å²) >= 11 is 5.99. The lowest BCUT2D eigenvalue weighted by Crippen LogP contribution is -2.44. The van der Waals surface area contributed by atoms with Crippen LogP contribution < -0.4 is 16.2 Å². The maximum absolute atomic E-state index is 12.4. The average Bonchev–Trinajstić information content (AvgIpc) is 3.25. The maximum atomic E-state index is 12.4. The Morgan fingerprint density at radius 3 is 2.85 bits per heavy atom. The van der Waals surface area contributed by atoms with Gasteiger partial charge in [0, 0.05) is 29.2 Å². The molecule has 0 bridgehead atoms. The monoisotopic (exact) mass is 382 g/mol. The number of para-hydroxylation sites is 1. The molecule has 6 heteroatoms. The lowest BCUT2D eigenvalue weighted by Gasteiger charge is -2.14. The molecule has 3 aromatic rings. The molecule has 1 aliphatic heterocycles. The minimum atomic E-state index is -0.106. The zero-order chi connectivity index (χ0) is 18.8. The molecule has 0 saturated carbocycles. The number of amides is 1. The highest BCUT2D eigenvalue weighted by atomic mass is 35.5. The molecule has 1 aromatic heterocycles. The highest BCUT2D eigenvalue weighted by Crippen LogP contribution is 2.28. The molecule has 2 aromatic carbocycles. The largest absolute Gasteiger partial charge is 0.343 e. The van der Waals surface area contributed by atoms with Crippen LogP contribution in [0.15, 0.2) is 54.6 Å². The Morgan fingerprint density at radius 1 is 1.19 bits per heavy atom. The van der Waals surface area contributed by atoms with Gasteiger partial charge in [0.2, 0.25) is 5.91 Å². The van der Waals surface area contributed by atoms with Crippen LogP contribution in [0.1, 0.15) is 30.6 Å². The van der Waals surface area contributed by atoms with Gasteiger partial charge >= 0.3 is 0 Å². The molecule has 4 rings (SSSR count). The van der Waals surface area contributed by atoms with Gasteiger partial charge in [-0.1, -0.05) is 41.9 Å². The van der Waals surface area contributed by atoms with Crippen molar-refractivity contribution in [1.29, 1.82) is 0 Å². The highest BCUT2D eigenvalue weighted by Gasteiger charge is 2.28. The van der Waals surface area contributed by atoms with Crippen LogP contribution in [-0.4, -0.2) is 16.6 Å². The van der Waals surface area contributed by atoms with Crippen LogP contribution in [0.3, 0.4) is 0 Å². The van der Waals surface area contributed by atoms with Crippen LogP contribution in [0.25, 0.3) is 10.9 Å². The lowest BCUT2D eigenvalue weighted by atomic mass is 10.1. The van der Waals surface area contributed by atoms with Crippen molar-refractivity contribution in [2.45, 2.75) is 38.5 Å². The van der Waals surface area contributed by atoms with Gasteiger partial charge in [0.15, 0.2) is 0 Å². The van der Waals surface area contributed by atoms with Crippen LogP contribution in [0.5, 0.6) is 0 Å². The van der Waals surface area contributed by atoms with E-state index in [9.17, 15) is 4.79 Å². The molecule has 1 amide bonds. The van der Waals surface area contributed by atoms with Gasteiger partial charge in [0.05, 0.1) is 18.6 Å². The minimum absolute atomic E-state index is 0.0201. The SMILES string of the molecule is CCn1c(C2CC(NC(=O)Cc3cccc(Cl)c3)NN2)cc2ccccc21. The first-order chi connectivity index (χ1) is 13.1. The van der Waals surface area contributed by atoms with Crippen molar-refractivity contribution in [2.24, 2.45) is 0 Å². The molecule has 27 heavy (non-hydrogen) atoms. The number of aryl methyl sites for hydroxylation is 1. The van der Waals surface area contributed by atoms with E-state index in [-0.39, 0.29) is 18.1 Å². The van der Waals surface area contributed by atoms with Gasteiger partial charge in [-0.15, -0.1) is 0 Å². The van der Waals surface area contributed by atoms with Gasteiger partial charge in [-0.2, -0.15) is 0 Å². The number of hydrazine groups is 1. The van der Waals surface area contributed by atoms with Gasteiger partial charge in [-0.25, -0.2) is 10.9 Å². The summed E-state index contributed by atoms with van der Waals surface area (Å²) < 4.78 is 2.32. The molecular formula is C21H23ClN4O. The van der Waals surface area contributed by atoms with E-state index in [0.717, 1.165) is 18.5 Å². The third-order valence-corrected chi connectivity index (χ3v) is 5.24. The topological polar surface area (TPSA) is 58.1 Å². The fourth-order valence-electron chi connectivity index (χ4n) is 3.80. The van der Waals surface area contributed by atoms with E-state index >= 15 is 0 Å². The summed E-state index contributed by atoms with van der Waals surface area (Å²) in [5.74, 6) is -0.0201. The van der Waals surface area contributed by atoms with Crippen LogP contribution in [0.2, 0.25) is 5.02 Å². The minimum Gasteiger partial charge on any atom is -0.343 e. The van der Waals surface area contributed by atoms with Crippen molar-refractivity contribution in [1.82, 2.24) is 20.7 Å². The molecule has 2 atom stereocenters. The first kappa shape index (κ1) is 18.0. The van der Waals surface area contributed by atoms with Crippen molar-refractivity contribution >= 4 is 28.4 Å². The number of nitrogens with zero attached hydrogens (tertiary/aromatic N) is 1. The summed E-state index contributed by atoms with van der Waals surface area (Å²) in [5, 5.41) is 4.94. The smallest absolute Gasteiger partial charge is 0.225 e. The van der Waals surface area contributed by atoms with E-state index in [1.54, 1.807) is 0 Å². The molecule has 1 aliphatic rings. The summed E-state index contributed by atoms with van der Waals surface area (Å²) in [6, 6.07) is 18.2. The molecule has 2 heterocycles. The van der Waals surface area contributed by atoms with Gasteiger partial charge in [0.25, 0.3) is 0 Å². The second-order valence-electron chi connectivity index (χ2n) is 6.88. The van der Waals surface area contributed by atoms with E-state index < -0.39 is 0 Å². The van der Waals surface area contributed by atoms with Crippen LogP contribution >= 0.6 is 11.6 Å². The van der Waals surface area contributed by atoms with E-state index in [1.807, 2.05) is 24.3 Å². The quantitative estimate of drug-likeness (QED) is 0.632.